The number of para-hydroxylation sites is 1. The maximum Gasteiger partial charge on any atom is 0.128 e. The first-order valence-corrected chi connectivity index (χ1v) is 6.82. The van der Waals surface area contributed by atoms with Crippen LogP contribution in [0.4, 0.5) is 4.39 Å². The molecule has 3 rings (SSSR count). The van der Waals surface area contributed by atoms with Crippen LogP contribution >= 0.6 is 0 Å². The second-order valence-corrected chi connectivity index (χ2v) is 4.80. The van der Waals surface area contributed by atoms with Gasteiger partial charge in [0.05, 0.1) is 17.6 Å². The maximum absolute atomic E-state index is 14.1. The van der Waals surface area contributed by atoms with Crippen molar-refractivity contribution in [1.29, 1.82) is 0 Å². The lowest BCUT2D eigenvalue weighted by molar-refractivity contribution is 0.601. The van der Waals surface area contributed by atoms with Gasteiger partial charge in [0.1, 0.15) is 5.82 Å². The largest absolute Gasteiger partial charge is 0.316 e. The Morgan fingerprint density at radius 1 is 1.10 bits per heavy atom. The number of nitrogens with zero attached hydrogens (tertiary/aromatic N) is 2. The summed E-state index contributed by atoms with van der Waals surface area (Å²) < 4.78 is 15.9. The third kappa shape index (κ3) is 2.71. The van der Waals surface area contributed by atoms with Gasteiger partial charge in [0, 0.05) is 17.7 Å². The molecular weight excluding hydrogens is 265 g/mol. The number of rotatable bonds is 4. The fourth-order valence-electron chi connectivity index (χ4n) is 2.34. The van der Waals surface area contributed by atoms with Gasteiger partial charge in [-0.1, -0.05) is 30.3 Å². The van der Waals surface area contributed by atoms with Gasteiger partial charge in [-0.2, -0.15) is 5.10 Å². The highest BCUT2D eigenvalue weighted by Crippen LogP contribution is 2.24. The summed E-state index contributed by atoms with van der Waals surface area (Å²) in [5, 5.41) is 7.29. The molecule has 1 aromatic heterocycles. The van der Waals surface area contributed by atoms with Crippen molar-refractivity contribution < 1.29 is 4.39 Å². The molecule has 0 aliphatic rings. The smallest absolute Gasteiger partial charge is 0.128 e. The number of aromatic nitrogens is 2. The Balaban J connectivity index is 2.03. The molecule has 106 valence electrons. The van der Waals surface area contributed by atoms with Gasteiger partial charge in [0.2, 0.25) is 0 Å². The maximum atomic E-state index is 14.1. The third-order valence-electron chi connectivity index (χ3n) is 3.36. The molecule has 0 unspecified atom stereocenters. The van der Waals surface area contributed by atoms with E-state index in [9.17, 15) is 4.39 Å². The summed E-state index contributed by atoms with van der Waals surface area (Å²) in [7, 11) is 1.80. The van der Waals surface area contributed by atoms with Crippen molar-refractivity contribution >= 4 is 0 Å². The molecule has 0 spiro atoms. The Kier molecular flexibility index (Phi) is 3.79. The van der Waals surface area contributed by atoms with Crippen molar-refractivity contribution in [2.24, 2.45) is 0 Å². The summed E-state index contributed by atoms with van der Waals surface area (Å²) in [6.45, 7) is 0.518. The molecule has 0 saturated carbocycles. The van der Waals surface area contributed by atoms with Gasteiger partial charge in [0.15, 0.2) is 0 Å². The Hall–Kier alpha value is -2.46. The minimum atomic E-state index is -0.206. The number of halogens is 1. The lowest BCUT2D eigenvalue weighted by atomic mass is 10.1. The number of hydrogen-bond acceptors (Lipinski definition) is 2. The Bertz CT molecular complexity index is 735. The van der Waals surface area contributed by atoms with Crippen LogP contribution in [0.2, 0.25) is 0 Å². The van der Waals surface area contributed by atoms with Crippen molar-refractivity contribution in [3.8, 4) is 16.9 Å². The molecule has 1 heterocycles. The molecule has 1 N–H and O–H groups in total. The van der Waals surface area contributed by atoms with Crippen LogP contribution in [-0.2, 0) is 6.54 Å². The van der Waals surface area contributed by atoms with Crippen molar-refractivity contribution in [1.82, 2.24) is 15.1 Å². The van der Waals surface area contributed by atoms with Crippen LogP contribution in [-0.4, -0.2) is 16.8 Å². The Labute approximate surface area is 123 Å². The molecule has 0 fully saturated rings. The first kappa shape index (κ1) is 13.5. The number of benzene rings is 2. The van der Waals surface area contributed by atoms with Gasteiger partial charge in [-0.15, -0.1) is 0 Å². The minimum Gasteiger partial charge on any atom is -0.316 e. The summed E-state index contributed by atoms with van der Waals surface area (Å²) in [5.41, 5.74) is 3.30. The van der Waals surface area contributed by atoms with E-state index in [1.807, 2.05) is 53.2 Å². The summed E-state index contributed by atoms with van der Waals surface area (Å²) in [6.07, 6.45) is 1.72. The van der Waals surface area contributed by atoms with E-state index in [1.54, 1.807) is 19.3 Å². The van der Waals surface area contributed by atoms with E-state index in [4.69, 9.17) is 0 Å². The van der Waals surface area contributed by atoms with E-state index < -0.39 is 0 Å². The minimum absolute atomic E-state index is 0.206. The van der Waals surface area contributed by atoms with Gasteiger partial charge >= 0.3 is 0 Å². The fourth-order valence-corrected chi connectivity index (χ4v) is 2.34. The van der Waals surface area contributed by atoms with Crippen LogP contribution in [0, 0.1) is 5.82 Å². The van der Waals surface area contributed by atoms with Crippen LogP contribution in [0.3, 0.4) is 0 Å². The lowest BCUT2D eigenvalue weighted by Crippen LogP contribution is -2.07. The zero-order valence-electron chi connectivity index (χ0n) is 11.8. The van der Waals surface area contributed by atoms with E-state index in [2.05, 4.69) is 10.4 Å². The van der Waals surface area contributed by atoms with Crippen molar-refractivity contribution in [3.05, 3.63) is 72.2 Å². The normalized spacial score (nSPS) is 10.8. The van der Waals surface area contributed by atoms with Crippen molar-refractivity contribution in [2.45, 2.75) is 6.54 Å². The van der Waals surface area contributed by atoms with Crippen LogP contribution < -0.4 is 5.32 Å². The average Bonchev–Trinajstić information content (AvgIpc) is 3.00. The predicted octanol–water partition coefficient (Wildman–Crippen LogP) is 3.40. The SMILES string of the molecule is CNCc1ccc(-c2ccnn2-c2ccccc2)cc1F. The third-order valence-corrected chi connectivity index (χ3v) is 3.36. The average molecular weight is 281 g/mol. The van der Waals surface area contributed by atoms with Crippen molar-refractivity contribution in [2.75, 3.05) is 7.05 Å². The number of hydrogen-bond donors (Lipinski definition) is 1. The highest BCUT2D eigenvalue weighted by Gasteiger charge is 2.10. The molecule has 3 aromatic rings. The first-order valence-electron chi connectivity index (χ1n) is 6.82. The first-order chi connectivity index (χ1) is 10.3. The molecule has 4 heteroatoms. The van der Waals surface area contributed by atoms with Gasteiger partial charge in [-0.25, -0.2) is 9.07 Å². The molecule has 0 radical (unpaired) electrons. The van der Waals surface area contributed by atoms with Gasteiger partial charge in [-0.05, 0) is 31.3 Å². The standard InChI is InChI=1S/C17H16FN3/c1-19-12-14-8-7-13(11-16(14)18)17-9-10-20-21(17)15-5-3-2-4-6-15/h2-11,19H,12H2,1H3. The highest BCUT2D eigenvalue weighted by atomic mass is 19.1. The molecule has 0 aliphatic carbocycles. The lowest BCUT2D eigenvalue weighted by Gasteiger charge is -2.09. The second-order valence-electron chi connectivity index (χ2n) is 4.80. The van der Waals surface area contributed by atoms with Gasteiger partial charge in [0.25, 0.3) is 0 Å². The zero-order valence-corrected chi connectivity index (χ0v) is 11.8. The van der Waals surface area contributed by atoms with E-state index in [0.29, 0.717) is 12.1 Å². The van der Waals surface area contributed by atoms with E-state index >= 15 is 0 Å². The monoisotopic (exact) mass is 281 g/mol. The van der Waals surface area contributed by atoms with Crippen LogP contribution in [0.25, 0.3) is 16.9 Å². The van der Waals surface area contributed by atoms with E-state index in [0.717, 1.165) is 16.9 Å². The topological polar surface area (TPSA) is 29.9 Å². The molecule has 0 amide bonds. The fraction of sp³-hybridized carbons (Fsp3) is 0.118. The predicted molar refractivity (Wildman–Crippen MR) is 81.7 cm³/mol. The van der Waals surface area contributed by atoms with Gasteiger partial charge < -0.3 is 5.32 Å². The zero-order chi connectivity index (χ0) is 14.7. The van der Waals surface area contributed by atoms with E-state index in [-0.39, 0.29) is 5.82 Å². The summed E-state index contributed by atoms with van der Waals surface area (Å²) >= 11 is 0. The summed E-state index contributed by atoms with van der Waals surface area (Å²) in [6, 6.07) is 17.0. The highest BCUT2D eigenvalue weighted by molar-refractivity contribution is 5.62. The van der Waals surface area contributed by atoms with Crippen LogP contribution in [0.5, 0.6) is 0 Å². The summed E-state index contributed by atoms with van der Waals surface area (Å²) in [4.78, 5) is 0. The molecule has 3 nitrogen and oxygen atoms in total. The molecule has 0 bridgehead atoms. The molecule has 21 heavy (non-hydrogen) atoms. The Morgan fingerprint density at radius 2 is 1.90 bits per heavy atom. The molecule has 0 aliphatic heterocycles. The summed E-state index contributed by atoms with van der Waals surface area (Å²) in [5.74, 6) is -0.206. The van der Waals surface area contributed by atoms with Gasteiger partial charge in [-0.3, -0.25) is 0 Å². The van der Waals surface area contributed by atoms with Crippen LogP contribution in [0.15, 0.2) is 60.8 Å². The van der Waals surface area contributed by atoms with E-state index in [1.165, 1.54) is 0 Å². The molecule has 0 atom stereocenters. The second kappa shape index (κ2) is 5.89. The van der Waals surface area contributed by atoms with Crippen molar-refractivity contribution in [3.63, 3.8) is 0 Å². The molecule has 0 saturated heterocycles. The molecule has 2 aromatic carbocycles. The van der Waals surface area contributed by atoms with Crippen LogP contribution in [0.1, 0.15) is 5.56 Å². The number of nitrogens with one attached hydrogen (secondary N) is 1. The quantitative estimate of drug-likeness (QED) is 0.794. The Morgan fingerprint density at radius 3 is 2.62 bits per heavy atom. The molecular formula is C17H16FN3.